The number of hydrogen-bond acceptors (Lipinski definition) is 5. The molecular formula is C14H17N3O5. The van der Waals surface area contributed by atoms with Crippen LogP contribution in [0, 0.1) is 0 Å². The van der Waals surface area contributed by atoms with E-state index in [1.165, 1.54) is 9.80 Å². The summed E-state index contributed by atoms with van der Waals surface area (Å²) in [6.07, 6.45) is -1.76. The van der Waals surface area contributed by atoms with Crippen molar-refractivity contribution >= 4 is 17.9 Å². The summed E-state index contributed by atoms with van der Waals surface area (Å²) in [5.74, 6) is 0.635. The molecule has 0 aliphatic carbocycles. The third kappa shape index (κ3) is 2.64. The number of hydrogen-bond donors (Lipinski definition) is 2. The number of amides is 2. The smallest absolute Gasteiger partial charge is 0.414 e. The van der Waals surface area contributed by atoms with E-state index in [1.807, 2.05) is 0 Å². The van der Waals surface area contributed by atoms with Crippen molar-refractivity contribution < 1.29 is 24.2 Å². The van der Waals surface area contributed by atoms with Gasteiger partial charge < -0.3 is 25.2 Å². The van der Waals surface area contributed by atoms with Gasteiger partial charge in [-0.25, -0.2) is 9.59 Å². The van der Waals surface area contributed by atoms with Crippen molar-refractivity contribution in [2.45, 2.75) is 12.6 Å². The fourth-order valence-corrected chi connectivity index (χ4v) is 2.57. The molecule has 1 unspecified atom stereocenters. The lowest BCUT2D eigenvalue weighted by molar-refractivity contribution is 0.138. The molecule has 1 fully saturated rings. The second kappa shape index (κ2) is 5.72. The van der Waals surface area contributed by atoms with E-state index in [0.717, 1.165) is 5.56 Å². The van der Waals surface area contributed by atoms with E-state index < -0.39 is 12.2 Å². The van der Waals surface area contributed by atoms with Crippen molar-refractivity contribution in [2.75, 3.05) is 31.1 Å². The number of nitrogens with zero attached hydrogens (tertiary/aromatic N) is 2. The molecular weight excluding hydrogens is 290 g/mol. The maximum absolute atomic E-state index is 11.9. The predicted molar refractivity (Wildman–Crippen MR) is 77.0 cm³/mol. The lowest BCUT2D eigenvalue weighted by Crippen LogP contribution is -2.31. The van der Waals surface area contributed by atoms with Gasteiger partial charge in [0, 0.05) is 17.8 Å². The first-order valence-corrected chi connectivity index (χ1v) is 7.00. The quantitative estimate of drug-likeness (QED) is 0.839. The maximum atomic E-state index is 11.9. The first kappa shape index (κ1) is 14.5. The second-order valence-corrected chi connectivity index (χ2v) is 5.20. The molecule has 3 rings (SSSR count). The molecule has 1 atom stereocenters. The van der Waals surface area contributed by atoms with Crippen LogP contribution in [-0.4, -0.2) is 54.5 Å². The lowest BCUT2D eigenvalue weighted by atomic mass is 10.1. The van der Waals surface area contributed by atoms with Crippen molar-refractivity contribution in [3.05, 3.63) is 23.8 Å². The highest BCUT2D eigenvalue weighted by Crippen LogP contribution is 2.30. The molecule has 2 amide bonds. The van der Waals surface area contributed by atoms with Crippen LogP contribution in [0.3, 0.4) is 0 Å². The summed E-state index contributed by atoms with van der Waals surface area (Å²) < 4.78 is 10.7. The highest BCUT2D eigenvalue weighted by molar-refractivity contribution is 5.90. The fourth-order valence-electron chi connectivity index (χ4n) is 2.57. The molecule has 1 saturated heterocycles. The van der Waals surface area contributed by atoms with Gasteiger partial charge >= 0.3 is 12.2 Å². The summed E-state index contributed by atoms with van der Waals surface area (Å²) in [4.78, 5) is 25.8. The molecule has 0 bridgehead atoms. The number of carbonyl (C=O) groups excluding carboxylic acids is 1. The minimum absolute atomic E-state index is 0.224. The Morgan fingerprint density at radius 2 is 2.27 bits per heavy atom. The van der Waals surface area contributed by atoms with Gasteiger partial charge in [-0.05, 0) is 18.2 Å². The Labute approximate surface area is 127 Å². The van der Waals surface area contributed by atoms with E-state index in [9.17, 15) is 9.59 Å². The fraction of sp³-hybridized carbons (Fsp3) is 0.429. The minimum Gasteiger partial charge on any atom is -0.491 e. The van der Waals surface area contributed by atoms with E-state index in [2.05, 4.69) is 0 Å². The Hall–Kier alpha value is -2.48. The summed E-state index contributed by atoms with van der Waals surface area (Å²) in [7, 11) is 0. The highest BCUT2D eigenvalue weighted by atomic mass is 16.6. The van der Waals surface area contributed by atoms with Crippen LogP contribution < -0.4 is 15.4 Å². The molecule has 1 aromatic rings. The largest absolute Gasteiger partial charge is 0.491 e. The van der Waals surface area contributed by atoms with E-state index in [1.54, 1.807) is 18.2 Å². The van der Waals surface area contributed by atoms with Gasteiger partial charge in [-0.1, -0.05) is 0 Å². The molecule has 0 spiro atoms. The Morgan fingerprint density at radius 1 is 1.45 bits per heavy atom. The number of carboxylic acid groups (broad SMARTS) is 1. The van der Waals surface area contributed by atoms with Gasteiger partial charge in [0.2, 0.25) is 0 Å². The predicted octanol–water partition coefficient (Wildman–Crippen LogP) is 0.843. The standard InChI is InChI=1S/C14H17N3O5/c15-6-11-8-17(14(20)22-11)10-1-2-12-9(5-10)7-16(13(18)19)3-4-21-12/h1-2,5,11H,3-4,6-8,15H2,(H,18,19). The van der Waals surface area contributed by atoms with Crippen LogP contribution in [0.15, 0.2) is 18.2 Å². The van der Waals surface area contributed by atoms with E-state index in [0.29, 0.717) is 31.1 Å². The molecule has 3 N–H and O–H groups in total. The Balaban J connectivity index is 1.87. The van der Waals surface area contributed by atoms with Crippen molar-refractivity contribution in [1.29, 1.82) is 0 Å². The normalized spacial score (nSPS) is 21.0. The zero-order valence-corrected chi connectivity index (χ0v) is 11.9. The van der Waals surface area contributed by atoms with Crippen LogP contribution in [-0.2, 0) is 11.3 Å². The Bertz CT molecular complexity index is 606. The zero-order valence-electron chi connectivity index (χ0n) is 11.9. The van der Waals surface area contributed by atoms with E-state index in [4.69, 9.17) is 20.3 Å². The average molecular weight is 307 g/mol. The van der Waals surface area contributed by atoms with Crippen LogP contribution in [0.5, 0.6) is 5.75 Å². The molecule has 22 heavy (non-hydrogen) atoms. The van der Waals surface area contributed by atoms with Gasteiger partial charge in [0.15, 0.2) is 0 Å². The topological polar surface area (TPSA) is 105 Å². The molecule has 8 heteroatoms. The monoisotopic (exact) mass is 307 g/mol. The molecule has 2 heterocycles. The summed E-state index contributed by atoms with van der Waals surface area (Å²) in [5, 5.41) is 9.15. The van der Waals surface area contributed by atoms with E-state index in [-0.39, 0.29) is 19.2 Å². The van der Waals surface area contributed by atoms with Gasteiger partial charge in [0.25, 0.3) is 0 Å². The van der Waals surface area contributed by atoms with Crippen molar-refractivity contribution in [2.24, 2.45) is 5.73 Å². The lowest BCUT2D eigenvalue weighted by Gasteiger charge is -2.17. The van der Waals surface area contributed by atoms with Crippen molar-refractivity contribution in [3.8, 4) is 5.75 Å². The summed E-state index contributed by atoms with van der Waals surface area (Å²) in [6, 6.07) is 5.27. The number of ether oxygens (including phenoxy) is 2. The first-order valence-electron chi connectivity index (χ1n) is 7.00. The summed E-state index contributed by atoms with van der Waals surface area (Å²) >= 11 is 0. The second-order valence-electron chi connectivity index (χ2n) is 5.20. The number of rotatable bonds is 2. The van der Waals surface area contributed by atoms with Crippen LogP contribution in [0.25, 0.3) is 0 Å². The van der Waals surface area contributed by atoms with Gasteiger partial charge in [-0.3, -0.25) is 4.90 Å². The number of fused-ring (bicyclic) bond motifs is 1. The molecule has 118 valence electrons. The van der Waals surface area contributed by atoms with Gasteiger partial charge in [-0.2, -0.15) is 0 Å². The molecule has 0 saturated carbocycles. The number of nitrogens with two attached hydrogens (primary N) is 1. The van der Waals surface area contributed by atoms with Crippen LogP contribution in [0.1, 0.15) is 5.56 Å². The minimum atomic E-state index is -0.995. The SMILES string of the molecule is NCC1CN(c2ccc3c(c2)CN(C(=O)O)CCO3)C(=O)O1. The summed E-state index contributed by atoms with van der Waals surface area (Å²) in [5.41, 5.74) is 6.90. The number of benzene rings is 1. The van der Waals surface area contributed by atoms with Gasteiger partial charge in [0.1, 0.15) is 18.5 Å². The first-order chi connectivity index (χ1) is 10.6. The van der Waals surface area contributed by atoms with Crippen molar-refractivity contribution in [3.63, 3.8) is 0 Å². The van der Waals surface area contributed by atoms with Crippen LogP contribution >= 0.6 is 0 Å². The molecule has 8 nitrogen and oxygen atoms in total. The summed E-state index contributed by atoms with van der Waals surface area (Å²) in [6.45, 7) is 1.49. The van der Waals surface area contributed by atoms with Gasteiger partial charge in [-0.15, -0.1) is 0 Å². The highest BCUT2D eigenvalue weighted by Gasteiger charge is 2.32. The molecule has 0 radical (unpaired) electrons. The van der Waals surface area contributed by atoms with Crippen LogP contribution in [0.2, 0.25) is 0 Å². The molecule has 0 aromatic heterocycles. The van der Waals surface area contributed by atoms with Crippen molar-refractivity contribution in [1.82, 2.24) is 4.90 Å². The van der Waals surface area contributed by atoms with Crippen LogP contribution in [0.4, 0.5) is 15.3 Å². The third-order valence-electron chi connectivity index (χ3n) is 3.74. The van der Waals surface area contributed by atoms with E-state index >= 15 is 0 Å². The Morgan fingerprint density at radius 3 is 2.95 bits per heavy atom. The zero-order chi connectivity index (χ0) is 15.7. The molecule has 2 aliphatic heterocycles. The number of carbonyl (C=O) groups is 2. The molecule has 2 aliphatic rings. The van der Waals surface area contributed by atoms with Gasteiger partial charge in [0.05, 0.1) is 19.6 Å². The maximum Gasteiger partial charge on any atom is 0.414 e. The average Bonchev–Trinajstić information content (AvgIpc) is 2.75. The Kier molecular flexibility index (Phi) is 3.76. The molecule has 1 aromatic carbocycles. The number of anilines is 1. The third-order valence-corrected chi connectivity index (χ3v) is 3.74. The number of cyclic esters (lactones) is 1.